The van der Waals surface area contributed by atoms with E-state index in [-0.39, 0.29) is 12.1 Å². The van der Waals surface area contributed by atoms with Crippen LogP contribution in [0.4, 0.5) is 5.69 Å². The van der Waals surface area contributed by atoms with Crippen molar-refractivity contribution < 1.29 is 24.9 Å². The van der Waals surface area contributed by atoms with Crippen molar-refractivity contribution in [3.05, 3.63) is 59.8 Å². The number of amides is 1. The minimum atomic E-state index is -1.28. The smallest absolute Gasteiger partial charge is 0.262 e. The van der Waals surface area contributed by atoms with Crippen LogP contribution >= 0.6 is 0 Å². The fraction of sp³-hybridized carbons (Fsp3) is 0.438. The van der Waals surface area contributed by atoms with Gasteiger partial charge in [-0.1, -0.05) is 25.1 Å². The maximum absolute atomic E-state index is 13.0. The van der Waals surface area contributed by atoms with Gasteiger partial charge in [0.1, 0.15) is 23.9 Å². The number of hydrogen-bond acceptors (Lipinski definition) is 8. The zero-order chi connectivity index (χ0) is 30.1. The monoisotopic (exact) mass is 573 g/mol. The summed E-state index contributed by atoms with van der Waals surface area (Å²) in [4.78, 5) is 17.8. The van der Waals surface area contributed by atoms with Gasteiger partial charge in [0.25, 0.3) is 5.91 Å². The third-order valence-corrected chi connectivity index (χ3v) is 8.71. The molecular formula is C32H39N5O5. The van der Waals surface area contributed by atoms with Crippen molar-refractivity contribution in [2.45, 2.75) is 38.4 Å². The van der Waals surface area contributed by atoms with E-state index in [0.29, 0.717) is 5.57 Å². The molecular weight excluding hydrogens is 534 g/mol. The molecule has 5 rings (SSSR count). The summed E-state index contributed by atoms with van der Waals surface area (Å²) in [5.41, 5.74) is 4.35. The van der Waals surface area contributed by atoms with Gasteiger partial charge < -0.3 is 39.7 Å². The number of rotatable bonds is 6. The first-order valence-corrected chi connectivity index (χ1v) is 14.3. The zero-order valence-electron chi connectivity index (χ0n) is 24.5. The number of piperazine rings is 1. The van der Waals surface area contributed by atoms with E-state index in [1.807, 2.05) is 29.8 Å². The van der Waals surface area contributed by atoms with E-state index in [4.69, 9.17) is 4.74 Å². The number of carbonyl (C=O) groups is 1. The Morgan fingerprint density at radius 2 is 1.69 bits per heavy atom. The lowest BCUT2D eigenvalue weighted by Crippen LogP contribution is -2.56. The second kappa shape index (κ2) is 12.3. The highest BCUT2D eigenvalue weighted by Crippen LogP contribution is 2.31. The number of nitriles is 1. The maximum atomic E-state index is 13.0. The molecule has 10 nitrogen and oxygen atoms in total. The molecule has 1 amide bonds. The van der Waals surface area contributed by atoms with Crippen molar-refractivity contribution in [2.75, 3.05) is 44.7 Å². The van der Waals surface area contributed by atoms with Crippen LogP contribution < -0.4 is 10.2 Å². The molecule has 0 saturated carbocycles. The van der Waals surface area contributed by atoms with Gasteiger partial charge in [0.15, 0.2) is 6.29 Å². The Labute approximate surface area is 246 Å². The summed E-state index contributed by atoms with van der Waals surface area (Å²) in [6.07, 6.45) is -4.76. The Morgan fingerprint density at radius 1 is 1.00 bits per heavy atom. The number of aromatic nitrogens is 1. The largest absolute Gasteiger partial charge is 0.390 e. The minimum absolute atomic E-state index is 0.0718. The highest BCUT2D eigenvalue weighted by atomic mass is 16.6. The normalized spacial score (nSPS) is 25.7. The van der Waals surface area contributed by atoms with Gasteiger partial charge >= 0.3 is 0 Å². The van der Waals surface area contributed by atoms with Gasteiger partial charge in [-0.2, -0.15) is 5.26 Å². The number of fused-ring (bicyclic) bond motifs is 1. The summed E-state index contributed by atoms with van der Waals surface area (Å²) in [7, 11) is 4.05. The number of carbonyl (C=O) groups excluding carboxylic acids is 1. The molecule has 2 saturated heterocycles. The summed E-state index contributed by atoms with van der Waals surface area (Å²) >= 11 is 0. The number of allylic oxidation sites excluding steroid dienone is 1. The molecule has 0 bridgehead atoms. The molecule has 4 N–H and O–H groups in total. The topological polar surface area (TPSA) is 134 Å². The number of nitrogens with zero attached hydrogens (tertiary/aromatic N) is 4. The first kappa shape index (κ1) is 29.8. The van der Waals surface area contributed by atoms with Crippen molar-refractivity contribution in [3.63, 3.8) is 0 Å². The number of nitrogens with one attached hydrogen (secondary N) is 1. The van der Waals surface area contributed by atoms with E-state index < -0.39 is 36.4 Å². The standard InChI is InChI=1S/C32H39N5O5/c1-19(25(17-33)31(40)34-18-28-30(39)29(38)20(2)32(41)42-28)26-9-10-27(36(26)4)23-6-5-22-16-24(8-7-21(22)15-23)37-13-11-35(3)12-14-37/h5-10,15-16,20,28-30,32,38-39,41H,11-14,18H2,1-4H3,(H,34,40)/b25-19+/t20-,28-,29-,30-,32?/m1/s1. The van der Waals surface area contributed by atoms with Crippen LogP contribution in [-0.2, 0) is 16.6 Å². The van der Waals surface area contributed by atoms with Gasteiger partial charge in [-0.15, -0.1) is 0 Å². The molecule has 5 atom stereocenters. The van der Waals surface area contributed by atoms with E-state index in [1.165, 1.54) is 11.1 Å². The van der Waals surface area contributed by atoms with E-state index in [2.05, 4.69) is 58.6 Å². The zero-order valence-corrected chi connectivity index (χ0v) is 24.5. The second-order valence-electron chi connectivity index (χ2n) is 11.4. The Bertz CT molecular complexity index is 1530. The van der Waals surface area contributed by atoms with E-state index in [9.17, 15) is 25.4 Å². The molecule has 222 valence electrons. The van der Waals surface area contributed by atoms with Crippen LogP contribution in [0.1, 0.15) is 19.5 Å². The first-order valence-electron chi connectivity index (χ1n) is 14.3. The van der Waals surface area contributed by atoms with Crippen molar-refractivity contribution in [1.29, 1.82) is 5.26 Å². The SMILES string of the molecule is C/C(=C(/C#N)C(=O)NC[C@H]1OC(O)[C@H](C)[C@@H](O)[C@@H]1O)c1ccc(-c2ccc3cc(N4CCN(C)CC4)ccc3c2)n1C. The molecule has 2 aliphatic rings. The molecule has 10 heteroatoms. The minimum Gasteiger partial charge on any atom is -0.390 e. The third-order valence-electron chi connectivity index (χ3n) is 8.71. The lowest BCUT2D eigenvalue weighted by molar-refractivity contribution is -0.258. The Hall–Kier alpha value is -3.72. The molecule has 3 aromatic rings. The van der Waals surface area contributed by atoms with Gasteiger partial charge in [0.05, 0.1) is 6.10 Å². The Morgan fingerprint density at radius 3 is 2.40 bits per heavy atom. The summed E-state index contributed by atoms with van der Waals surface area (Å²) in [5, 5.41) is 45.2. The quantitative estimate of drug-likeness (QED) is 0.260. The number of benzene rings is 2. The van der Waals surface area contributed by atoms with Crippen LogP contribution in [0, 0.1) is 17.2 Å². The molecule has 2 aromatic carbocycles. The van der Waals surface area contributed by atoms with Crippen LogP contribution in [0.5, 0.6) is 0 Å². The van der Waals surface area contributed by atoms with E-state index >= 15 is 0 Å². The number of anilines is 1. The van der Waals surface area contributed by atoms with Crippen LogP contribution in [0.2, 0.25) is 0 Å². The highest BCUT2D eigenvalue weighted by molar-refractivity contribution is 6.04. The van der Waals surface area contributed by atoms with Crippen LogP contribution in [0.3, 0.4) is 0 Å². The molecule has 0 aliphatic carbocycles. The van der Waals surface area contributed by atoms with E-state index in [1.54, 1.807) is 13.8 Å². The molecule has 42 heavy (non-hydrogen) atoms. The van der Waals surface area contributed by atoms with Gasteiger partial charge in [-0.25, -0.2) is 0 Å². The molecule has 2 aliphatic heterocycles. The summed E-state index contributed by atoms with van der Waals surface area (Å²) in [5.74, 6) is -1.30. The van der Waals surface area contributed by atoms with E-state index in [0.717, 1.165) is 48.5 Å². The van der Waals surface area contributed by atoms with Crippen molar-refractivity contribution in [1.82, 2.24) is 14.8 Å². The number of likely N-dealkylation sites (N-methyl/N-ethyl adjacent to an activating group) is 1. The van der Waals surface area contributed by atoms with Crippen molar-refractivity contribution in [3.8, 4) is 17.3 Å². The summed E-state index contributed by atoms with van der Waals surface area (Å²) in [6, 6.07) is 18.8. The number of hydrogen-bond donors (Lipinski definition) is 4. The predicted molar refractivity (Wildman–Crippen MR) is 161 cm³/mol. The number of ether oxygens (including phenoxy) is 1. The number of aliphatic hydroxyl groups is 3. The molecule has 2 fully saturated rings. The third kappa shape index (κ3) is 5.79. The van der Waals surface area contributed by atoms with Crippen LogP contribution in [-0.4, -0.2) is 95.1 Å². The lowest BCUT2D eigenvalue weighted by Gasteiger charge is -2.39. The molecule has 1 unspecified atom stereocenters. The highest BCUT2D eigenvalue weighted by Gasteiger charge is 2.41. The number of aliphatic hydroxyl groups excluding tert-OH is 3. The molecule has 3 heterocycles. The van der Waals surface area contributed by atoms with Gasteiger partial charge in [-0.05, 0) is 66.2 Å². The molecule has 0 radical (unpaired) electrons. The van der Waals surface area contributed by atoms with Gasteiger partial charge in [0.2, 0.25) is 0 Å². The predicted octanol–water partition coefficient (Wildman–Crippen LogP) is 2.09. The summed E-state index contributed by atoms with van der Waals surface area (Å²) in [6.45, 7) is 7.25. The van der Waals surface area contributed by atoms with Gasteiger partial charge in [0, 0.05) is 62.8 Å². The maximum Gasteiger partial charge on any atom is 0.262 e. The van der Waals surface area contributed by atoms with Crippen molar-refractivity contribution in [2.24, 2.45) is 13.0 Å². The fourth-order valence-electron chi connectivity index (χ4n) is 5.80. The second-order valence-corrected chi connectivity index (χ2v) is 11.4. The average molecular weight is 574 g/mol. The Kier molecular flexibility index (Phi) is 8.68. The first-order chi connectivity index (χ1) is 20.1. The molecule has 0 spiro atoms. The van der Waals surface area contributed by atoms with Gasteiger partial charge in [-0.3, -0.25) is 4.79 Å². The summed E-state index contributed by atoms with van der Waals surface area (Å²) < 4.78 is 7.32. The lowest BCUT2D eigenvalue weighted by atomic mass is 9.92. The molecule has 1 aromatic heterocycles. The van der Waals surface area contributed by atoms with Crippen molar-refractivity contribution >= 4 is 27.9 Å². The average Bonchev–Trinajstić information content (AvgIpc) is 3.38. The van der Waals surface area contributed by atoms with Crippen LogP contribution in [0.15, 0.2) is 54.1 Å². The Balaban J connectivity index is 1.33. The van der Waals surface area contributed by atoms with Crippen LogP contribution in [0.25, 0.3) is 27.6 Å². The fourth-order valence-corrected chi connectivity index (χ4v) is 5.80.